The number of H-pyrrole nitrogens is 1. The van der Waals surface area contributed by atoms with Gasteiger partial charge in [-0.2, -0.15) is 5.21 Å². The van der Waals surface area contributed by atoms with Gasteiger partial charge in [0.15, 0.2) is 0 Å². The number of hydrogen-bond donors (Lipinski definition) is 2. The molecule has 0 bridgehead atoms. The standard InChI is InChI=1S/C14H9ClFN5O/c15-10-2-1-3-11(16)12(10)14(22)17-9-6-4-8(5-7-9)13-18-20-21-19-13/h1-7H,(H,17,22)(H,18,19,20,21). The number of carbonyl (C=O) groups is 1. The molecule has 2 aromatic carbocycles. The highest BCUT2D eigenvalue weighted by atomic mass is 35.5. The number of rotatable bonds is 3. The zero-order valence-corrected chi connectivity index (χ0v) is 11.8. The number of amides is 1. The monoisotopic (exact) mass is 317 g/mol. The van der Waals surface area contributed by atoms with Crippen molar-refractivity contribution in [2.45, 2.75) is 0 Å². The summed E-state index contributed by atoms with van der Waals surface area (Å²) in [6.45, 7) is 0. The van der Waals surface area contributed by atoms with Crippen molar-refractivity contribution < 1.29 is 9.18 Å². The average molecular weight is 318 g/mol. The quantitative estimate of drug-likeness (QED) is 0.778. The lowest BCUT2D eigenvalue weighted by Crippen LogP contribution is -2.14. The van der Waals surface area contributed by atoms with Gasteiger partial charge in [-0.05, 0) is 41.6 Å². The van der Waals surface area contributed by atoms with Gasteiger partial charge in [-0.3, -0.25) is 4.79 Å². The van der Waals surface area contributed by atoms with Crippen LogP contribution in [0, 0.1) is 5.82 Å². The summed E-state index contributed by atoms with van der Waals surface area (Å²) in [5.74, 6) is -0.848. The molecule has 2 N–H and O–H groups in total. The molecule has 0 spiro atoms. The number of anilines is 1. The van der Waals surface area contributed by atoms with E-state index in [1.54, 1.807) is 24.3 Å². The van der Waals surface area contributed by atoms with E-state index >= 15 is 0 Å². The van der Waals surface area contributed by atoms with Crippen molar-refractivity contribution in [1.29, 1.82) is 0 Å². The number of aromatic nitrogens is 4. The summed E-state index contributed by atoms with van der Waals surface area (Å²) in [7, 11) is 0. The zero-order chi connectivity index (χ0) is 15.5. The van der Waals surface area contributed by atoms with Crippen molar-refractivity contribution in [3.8, 4) is 11.4 Å². The number of halogens is 2. The van der Waals surface area contributed by atoms with E-state index in [0.717, 1.165) is 5.56 Å². The summed E-state index contributed by atoms with van der Waals surface area (Å²) in [6.07, 6.45) is 0. The van der Waals surface area contributed by atoms with Gasteiger partial charge in [0.2, 0.25) is 5.82 Å². The average Bonchev–Trinajstić information content (AvgIpc) is 3.02. The molecule has 110 valence electrons. The van der Waals surface area contributed by atoms with Crippen molar-refractivity contribution in [3.05, 3.63) is 58.9 Å². The second kappa shape index (κ2) is 5.90. The molecule has 22 heavy (non-hydrogen) atoms. The summed E-state index contributed by atoms with van der Waals surface area (Å²) >= 11 is 5.86. The minimum Gasteiger partial charge on any atom is -0.322 e. The van der Waals surface area contributed by atoms with E-state index in [1.165, 1.54) is 18.2 Å². The maximum Gasteiger partial charge on any atom is 0.260 e. The molecule has 3 rings (SSSR count). The smallest absolute Gasteiger partial charge is 0.260 e. The maximum atomic E-state index is 13.7. The van der Waals surface area contributed by atoms with Crippen molar-refractivity contribution in [1.82, 2.24) is 20.6 Å². The lowest BCUT2D eigenvalue weighted by atomic mass is 10.1. The van der Waals surface area contributed by atoms with Gasteiger partial charge in [0.25, 0.3) is 5.91 Å². The maximum absolute atomic E-state index is 13.7. The highest BCUT2D eigenvalue weighted by Gasteiger charge is 2.15. The Balaban J connectivity index is 1.80. The van der Waals surface area contributed by atoms with Crippen molar-refractivity contribution in [3.63, 3.8) is 0 Å². The van der Waals surface area contributed by atoms with E-state index in [2.05, 4.69) is 25.9 Å². The van der Waals surface area contributed by atoms with Crippen LogP contribution in [-0.2, 0) is 0 Å². The molecule has 8 heteroatoms. The Morgan fingerprint density at radius 3 is 2.59 bits per heavy atom. The van der Waals surface area contributed by atoms with Crippen LogP contribution in [0.2, 0.25) is 5.02 Å². The van der Waals surface area contributed by atoms with Crippen LogP contribution in [0.1, 0.15) is 10.4 Å². The molecular formula is C14H9ClFN5O. The minimum absolute atomic E-state index is 0.0564. The van der Waals surface area contributed by atoms with Crippen LogP contribution in [0.25, 0.3) is 11.4 Å². The second-order valence-electron chi connectivity index (χ2n) is 4.36. The number of hydrogen-bond acceptors (Lipinski definition) is 4. The number of carbonyl (C=O) groups excluding carboxylic acids is 1. The molecule has 0 saturated heterocycles. The molecule has 0 saturated carbocycles. The van der Waals surface area contributed by atoms with Gasteiger partial charge >= 0.3 is 0 Å². The first-order valence-electron chi connectivity index (χ1n) is 6.24. The van der Waals surface area contributed by atoms with Crippen molar-refractivity contribution >= 4 is 23.2 Å². The summed E-state index contributed by atoms with van der Waals surface area (Å²) < 4.78 is 13.7. The fourth-order valence-electron chi connectivity index (χ4n) is 1.90. The molecule has 1 aromatic heterocycles. The van der Waals surface area contributed by atoms with E-state index < -0.39 is 11.7 Å². The Morgan fingerprint density at radius 2 is 1.95 bits per heavy atom. The van der Waals surface area contributed by atoms with Gasteiger partial charge in [-0.25, -0.2) is 4.39 Å². The molecule has 1 amide bonds. The first kappa shape index (κ1) is 14.2. The van der Waals surface area contributed by atoms with Gasteiger partial charge in [0.1, 0.15) is 5.82 Å². The number of aromatic amines is 1. The fraction of sp³-hybridized carbons (Fsp3) is 0. The van der Waals surface area contributed by atoms with E-state index in [9.17, 15) is 9.18 Å². The molecule has 0 atom stereocenters. The van der Waals surface area contributed by atoms with Gasteiger partial charge < -0.3 is 5.32 Å². The summed E-state index contributed by atoms with van der Waals surface area (Å²) in [6, 6.07) is 10.8. The molecule has 3 aromatic rings. The lowest BCUT2D eigenvalue weighted by Gasteiger charge is -2.08. The molecule has 0 aliphatic heterocycles. The molecule has 1 heterocycles. The highest BCUT2D eigenvalue weighted by Crippen LogP contribution is 2.21. The molecular weight excluding hydrogens is 309 g/mol. The zero-order valence-electron chi connectivity index (χ0n) is 11.0. The molecule has 0 radical (unpaired) electrons. The topological polar surface area (TPSA) is 83.6 Å². The van der Waals surface area contributed by atoms with Crippen LogP contribution in [0.5, 0.6) is 0 Å². The van der Waals surface area contributed by atoms with Gasteiger partial charge in [-0.15, -0.1) is 10.2 Å². The van der Waals surface area contributed by atoms with Crippen LogP contribution in [0.15, 0.2) is 42.5 Å². The Bertz CT molecular complexity index is 784. The summed E-state index contributed by atoms with van der Waals surface area (Å²) in [5, 5.41) is 16.2. The Kier molecular flexibility index (Phi) is 3.80. The molecule has 0 aliphatic rings. The van der Waals surface area contributed by atoms with E-state index in [1.807, 2.05) is 0 Å². The Hall–Kier alpha value is -2.80. The third-order valence-corrected chi connectivity index (χ3v) is 3.25. The van der Waals surface area contributed by atoms with Gasteiger partial charge in [-0.1, -0.05) is 17.7 Å². The van der Waals surface area contributed by atoms with Crippen LogP contribution in [-0.4, -0.2) is 26.5 Å². The Morgan fingerprint density at radius 1 is 1.18 bits per heavy atom. The summed E-state index contributed by atoms with van der Waals surface area (Å²) in [5.41, 5.74) is 1.04. The second-order valence-corrected chi connectivity index (χ2v) is 4.77. The largest absolute Gasteiger partial charge is 0.322 e. The Labute approximate surface area is 129 Å². The normalized spacial score (nSPS) is 10.5. The van der Waals surface area contributed by atoms with E-state index in [4.69, 9.17) is 11.6 Å². The third kappa shape index (κ3) is 2.79. The fourth-order valence-corrected chi connectivity index (χ4v) is 2.14. The first-order chi connectivity index (χ1) is 10.6. The molecule has 6 nitrogen and oxygen atoms in total. The SMILES string of the molecule is O=C(Nc1ccc(-c2nn[nH]n2)cc1)c1c(F)cccc1Cl. The van der Waals surface area contributed by atoms with E-state index in [0.29, 0.717) is 11.5 Å². The van der Waals surface area contributed by atoms with E-state index in [-0.39, 0.29) is 10.6 Å². The number of nitrogens with one attached hydrogen (secondary N) is 2. The number of benzene rings is 2. The van der Waals surface area contributed by atoms with Crippen molar-refractivity contribution in [2.24, 2.45) is 0 Å². The predicted molar refractivity (Wildman–Crippen MR) is 79.0 cm³/mol. The summed E-state index contributed by atoms with van der Waals surface area (Å²) in [4.78, 5) is 12.1. The van der Waals surface area contributed by atoms with Crippen LogP contribution in [0.3, 0.4) is 0 Å². The van der Waals surface area contributed by atoms with Crippen LogP contribution < -0.4 is 5.32 Å². The number of nitrogens with zero attached hydrogens (tertiary/aromatic N) is 3. The first-order valence-corrected chi connectivity index (χ1v) is 6.62. The molecule has 0 unspecified atom stereocenters. The van der Waals surface area contributed by atoms with Crippen LogP contribution >= 0.6 is 11.6 Å². The minimum atomic E-state index is -0.673. The lowest BCUT2D eigenvalue weighted by molar-refractivity contribution is 0.102. The predicted octanol–water partition coefficient (Wildman–Crippen LogP) is 2.91. The van der Waals surface area contributed by atoms with Crippen molar-refractivity contribution in [2.75, 3.05) is 5.32 Å². The number of tetrazole rings is 1. The van der Waals surface area contributed by atoms with Gasteiger partial charge in [0, 0.05) is 11.3 Å². The third-order valence-electron chi connectivity index (χ3n) is 2.94. The molecule has 0 fully saturated rings. The van der Waals surface area contributed by atoms with Crippen LogP contribution in [0.4, 0.5) is 10.1 Å². The van der Waals surface area contributed by atoms with Gasteiger partial charge in [0.05, 0.1) is 10.6 Å². The highest BCUT2D eigenvalue weighted by molar-refractivity contribution is 6.34. The molecule has 0 aliphatic carbocycles.